The lowest BCUT2D eigenvalue weighted by Gasteiger charge is -2.28. The van der Waals surface area contributed by atoms with Crippen molar-refractivity contribution < 1.29 is 14.7 Å². The molecule has 1 aromatic carbocycles. The first-order chi connectivity index (χ1) is 11.0. The maximum absolute atomic E-state index is 12.5. The van der Waals surface area contributed by atoms with Gasteiger partial charge in [-0.05, 0) is 30.9 Å². The van der Waals surface area contributed by atoms with Gasteiger partial charge in [0.2, 0.25) is 5.91 Å². The summed E-state index contributed by atoms with van der Waals surface area (Å²) in [5, 5.41) is 9.83. The number of hydrogen-bond donors (Lipinski definition) is 1. The highest BCUT2D eigenvalue weighted by Gasteiger charge is 2.62. The van der Waals surface area contributed by atoms with E-state index >= 15 is 0 Å². The lowest BCUT2D eigenvalue weighted by molar-refractivity contribution is -0.149. The van der Waals surface area contributed by atoms with E-state index in [-0.39, 0.29) is 11.8 Å². The average Bonchev–Trinajstić information content (AvgIpc) is 3.19. The van der Waals surface area contributed by atoms with Crippen molar-refractivity contribution in [1.82, 2.24) is 9.80 Å². The van der Waals surface area contributed by atoms with E-state index in [0.29, 0.717) is 32.2 Å². The number of rotatable bonds is 3. The number of amides is 1. The van der Waals surface area contributed by atoms with E-state index < -0.39 is 11.4 Å². The van der Waals surface area contributed by atoms with Gasteiger partial charge in [-0.2, -0.15) is 0 Å². The fourth-order valence-electron chi connectivity index (χ4n) is 4.68. The van der Waals surface area contributed by atoms with Crippen molar-refractivity contribution in [3.05, 3.63) is 35.4 Å². The van der Waals surface area contributed by atoms with Crippen LogP contribution in [0.15, 0.2) is 24.3 Å². The van der Waals surface area contributed by atoms with Crippen molar-refractivity contribution in [2.75, 3.05) is 26.2 Å². The molecule has 2 saturated heterocycles. The number of carbonyl (C=O) groups is 2. The third-order valence-corrected chi connectivity index (χ3v) is 6.01. The summed E-state index contributed by atoms with van der Waals surface area (Å²) in [4.78, 5) is 28.5. The average molecular weight is 314 g/mol. The zero-order valence-electron chi connectivity index (χ0n) is 13.4. The van der Waals surface area contributed by atoms with Gasteiger partial charge in [0, 0.05) is 32.2 Å². The normalized spacial score (nSPS) is 30.7. The van der Waals surface area contributed by atoms with Crippen molar-refractivity contribution in [2.24, 2.45) is 11.3 Å². The van der Waals surface area contributed by atoms with E-state index in [0.717, 1.165) is 12.8 Å². The number of carboxylic acids is 1. The Morgan fingerprint density at radius 1 is 1.26 bits per heavy atom. The van der Waals surface area contributed by atoms with Gasteiger partial charge in [0.05, 0.1) is 5.92 Å². The molecule has 5 nitrogen and oxygen atoms in total. The van der Waals surface area contributed by atoms with Gasteiger partial charge < -0.3 is 10.0 Å². The lowest BCUT2D eigenvalue weighted by Crippen LogP contribution is -2.43. The maximum Gasteiger partial charge on any atom is 0.313 e. The molecule has 1 aromatic rings. The van der Waals surface area contributed by atoms with Crippen LogP contribution in [0.5, 0.6) is 0 Å². The summed E-state index contributed by atoms with van der Waals surface area (Å²) in [7, 11) is 0. The molecular formula is C18H22N2O3. The minimum Gasteiger partial charge on any atom is -0.481 e. The van der Waals surface area contributed by atoms with Gasteiger partial charge in [-0.1, -0.05) is 24.3 Å². The first-order valence-electron chi connectivity index (χ1n) is 8.38. The highest BCUT2D eigenvalue weighted by Crippen LogP contribution is 2.45. The van der Waals surface area contributed by atoms with Gasteiger partial charge >= 0.3 is 5.97 Å². The van der Waals surface area contributed by atoms with E-state index in [1.165, 1.54) is 11.1 Å². The molecule has 3 aliphatic rings. The number of benzene rings is 1. The van der Waals surface area contributed by atoms with E-state index in [9.17, 15) is 14.7 Å². The molecule has 4 rings (SSSR count). The summed E-state index contributed by atoms with van der Waals surface area (Å²) in [6.07, 6.45) is 1.93. The van der Waals surface area contributed by atoms with Crippen LogP contribution in [0.25, 0.3) is 0 Å². The van der Waals surface area contributed by atoms with Crippen LogP contribution < -0.4 is 0 Å². The quantitative estimate of drug-likeness (QED) is 0.905. The summed E-state index contributed by atoms with van der Waals surface area (Å²) < 4.78 is 0. The molecule has 2 atom stereocenters. The Kier molecular flexibility index (Phi) is 3.23. The van der Waals surface area contributed by atoms with Crippen LogP contribution in [-0.4, -0.2) is 59.0 Å². The van der Waals surface area contributed by atoms with Gasteiger partial charge in [-0.25, -0.2) is 0 Å². The summed E-state index contributed by atoms with van der Waals surface area (Å²) in [6, 6.07) is 8.76. The van der Waals surface area contributed by atoms with Gasteiger partial charge in [0.15, 0.2) is 0 Å². The molecule has 1 amide bonds. The van der Waals surface area contributed by atoms with Crippen LogP contribution in [0.2, 0.25) is 0 Å². The predicted octanol–water partition coefficient (Wildman–Crippen LogP) is 1.02. The van der Waals surface area contributed by atoms with Crippen molar-refractivity contribution >= 4 is 11.9 Å². The Hall–Kier alpha value is -1.88. The standard InChI is InChI=1S/C18H22N2O3/c1-2-19-10-18(17(22)23)11-20(9-15(18)16(19)21)14-7-12-5-3-4-6-13(12)8-14/h3-6,14-15H,2,7-11H2,1H3,(H,22,23)/t15-,18+/m0/s1. The molecule has 0 bridgehead atoms. The number of nitrogens with zero attached hydrogens (tertiary/aromatic N) is 2. The first-order valence-corrected chi connectivity index (χ1v) is 8.38. The molecule has 2 fully saturated rings. The highest BCUT2D eigenvalue weighted by atomic mass is 16.4. The Bertz CT molecular complexity index is 649. The summed E-state index contributed by atoms with van der Waals surface area (Å²) in [6.45, 7) is 3.95. The van der Waals surface area contributed by atoms with E-state index in [4.69, 9.17) is 0 Å². The summed E-state index contributed by atoms with van der Waals surface area (Å²) in [5.41, 5.74) is 1.81. The van der Waals surface area contributed by atoms with Gasteiger partial charge in [0.25, 0.3) is 0 Å². The molecule has 0 unspecified atom stereocenters. The number of hydrogen-bond acceptors (Lipinski definition) is 3. The van der Waals surface area contributed by atoms with Crippen LogP contribution in [-0.2, 0) is 22.4 Å². The predicted molar refractivity (Wildman–Crippen MR) is 85.0 cm³/mol. The van der Waals surface area contributed by atoms with Crippen molar-refractivity contribution in [3.8, 4) is 0 Å². The van der Waals surface area contributed by atoms with E-state index in [1.807, 2.05) is 6.92 Å². The van der Waals surface area contributed by atoms with E-state index in [2.05, 4.69) is 29.2 Å². The molecule has 1 aliphatic carbocycles. The summed E-state index contributed by atoms with van der Waals surface area (Å²) in [5.74, 6) is -1.18. The molecule has 2 heterocycles. The van der Waals surface area contributed by atoms with Crippen LogP contribution in [0.4, 0.5) is 0 Å². The SMILES string of the molecule is CCN1C[C@@]2(C(=O)O)CN(C3Cc4ccccc4C3)C[C@H]2C1=O. The molecule has 0 aromatic heterocycles. The Morgan fingerprint density at radius 2 is 1.91 bits per heavy atom. The first kappa shape index (κ1) is 14.7. The minimum atomic E-state index is -0.915. The van der Waals surface area contributed by atoms with Crippen LogP contribution in [0.3, 0.4) is 0 Å². The van der Waals surface area contributed by atoms with Crippen LogP contribution in [0, 0.1) is 11.3 Å². The zero-order valence-corrected chi connectivity index (χ0v) is 13.4. The molecule has 23 heavy (non-hydrogen) atoms. The zero-order chi connectivity index (χ0) is 16.2. The Morgan fingerprint density at radius 3 is 2.43 bits per heavy atom. The molecule has 0 saturated carbocycles. The van der Waals surface area contributed by atoms with Crippen LogP contribution in [0.1, 0.15) is 18.1 Å². The molecule has 1 N–H and O–H groups in total. The molecular weight excluding hydrogens is 292 g/mol. The molecule has 2 aliphatic heterocycles. The van der Waals surface area contributed by atoms with Crippen molar-refractivity contribution in [3.63, 3.8) is 0 Å². The number of fused-ring (bicyclic) bond motifs is 2. The molecule has 5 heteroatoms. The van der Waals surface area contributed by atoms with E-state index in [1.54, 1.807) is 4.90 Å². The van der Waals surface area contributed by atoms with Gasteiger partial charge in [-0.15, -0.1) is 0 Å². The number of likely N-dealkylation sites (tertiary alicyclic amines) is 2. The molecule has 0 spiro atoms. The minimum absolute atomic E-state index is 0.0212. The molecule has 0 radical (unpaired) electrons. The monoisotopic (exact) mass is 314 g/mol. The van der Waals surface area contributed by atoms with Crippen molar-refractivity contribution in [1.29, 1.82) is 0 Å². The van der Waals surface area contributed by atoms with Crippen LogP contribution >= 0.6 is 0 Å². The van der Waals surface area contributed by atoms with Crippen molar-refractivity contribution in [2.45, 2.75) is 25.8 Å². The Labute approximate surface area is 135 Å². The third-order valence-electron chi connectivity index (χ3n) is 6.01. The fourth-order valence-corrected chi connectivity index (χ4v) is 4.68. The second-order valence-corrected chi connectivity index (χ2v) is 7.13. The Balaban J connectivity index is 1.57. The second-order valence-electron chi connectivity index (χ2n) is 7.13. The van der Waals surface area contributed by atoms with Gasteiger partial charge in [-0.3, -0.25) is 14.5 Å². The lowest BCUT2D eigenvalue weighted by atomic mass is 9.81. The number of carboxylic acid groups (broad SMARTS) is 1. The van der Waals surface area contributed by atoms with Gasteiger partial charge in [0.1, 0.15) is 5.41 Å². The highest BCUT2D eigenvalue weighted by molar-refractivity contribution is 5.92. The fraction of sp³-hybridized carbons (Fsp3) is 0.556. The summed E-state index contributed by atoms with van der Waals surface area (Å²) >= 11 is 0. The smallest absolute Gasteiger partial charge is 0.313 e. The number of carbonyl (C=O) groups excluding carboxylic acids is 1. The largest absolute Gasteiger partial charge is 0.481 e. The third kappa shape index (κ3) is 2.02. The molecule has 122 valence electrons. The number of aliphatic carboxylic acids is 1. The topological polar surface area (TPSA) is 60.9 Å². The second kappa shape index (κ2) is 5.06. The maximum atomic E-state index is 12.5.